The van der Waals surface area contributed by atoms with Crippen LogP contribution in [0.4, 0.5) is 4.79 Å². The summed E-state index contributed by atoms with van der Waals surface area (Å²) < 4.78 is 24.5. The molecule has 0 bridgehead atoms. The lowest BCUT2D eigenvalue weighted by molar-refractivity contribution is -0.161. The second-order valence-electron chi connectivity index (χ2n) is 20.5. The number of rotatable bonds is 37. The number of ether oxygens (including phenoxy) is 4. The van der Waals surface area contributed by atoms with Gasteiger partial charge < -0.3 is 45.1 Å². The second-order valence-corrected chi connectivity index (χ2v) is 21.8. The van der Waals surface area contributed by atoms with Crippen molar-refractivity contribution in [1.82, 2.24) is 16.0 Å². The average molecular weight is 962 g/mol. The fraction of sp³-hybridized carbons (Fsp3) is 0.887. The predicted octanol–water partition coefficient (Wildman–Crippen LogP) is 9.81. The first-order valence-corrected chi connectivity index (χ1v) is 28.4. The van der Waals surface area contributed by atoms with E-state index in [0.29, 0.717) is 37.5 Å². The second kappa shape index (κ2) is 31.8. The standard InChI is InChI=1S/C53H91N3O10S/c1-3-4-5-16-24-40(57)25-22-26-42(58)43-31-32-46(64-43)47-34-33-45(65-47)44(27-17-13-11-9-7-6-8-10-12-15-23-39-36-38(2)63-52(39)61)66-50(60)30-18-14-21-35-54-49(59)29-20-19-28-48-51-41(37-67-48)55-53(62)56-51/h36,38,40-48,51,57-58H,3-35,37H2,1-2H3,(H,54,59)(H2,55,56,62)/t38-,40-,41-,42-,43+,44+,45+,46+,47+,48-,51-/m0/s1. The zero-order valence-corrected chi connectivity index (χ0v) is 42.4. The van der Waals surface area contributed by atoms with Crippen molar-refractivity contribution >= 4 is 35.6 Å². The Morgan fingerprint density at radius 3 is 2.12 bits per heavy atom. The first-order valence-electron chi connectivity index (χ1n) is 27.3. The maximum atomic E-state index is 13.3. The molecule has 5 aliphatic rings. The topological polar surface area (TPSA) is 182 Å². The number of urea groups is 1. The van der Waals surface area contributed by atoms with Crippen LogP contribution in [0.5, 0.6) is 0 Å². The Kier molecular flexibility index (Phi) is 26.3. The highest BCUT2D eigenvalue weighted by Gasteiger charge is 2.43. The minimum absolute atomic E-state index is 0.0638. The molecule has 0 aliphatic carbocycles. The highest BCUT2D eigenvalue weighted by atomic mass is 32.2. The molecule has 0 saturated carbocycles. The molecule has 0 unspecified atom stereocenters. The van der Waals surface area contributed by atoms with Crippen molar-refractivity contribution in [3.63, 3.8) is 0 Å². The lowest BCUT2D eigenvalue weighted by Crippen LogP contribution is -2.36. The molecule has 0 aromatic heterocycles. The molecule has 5 N–H and O–H groups in total. The van der Waals surface area contributed by atoms with E-state index in [9.17, 15) is 29.4 Å². The van der Waals surface area contributed by atoms with Crippen molar-refractivity contribution in [2.75, 3.05) is 12.3 Å². The third kappa shape index (κ3) is 20.9. The number of aliphatic hydroxyl groups is 2. The van der Waals surface area contributed by atoms with Crippen LogP contribution in [0.25, 0.3) is 0 Å². The molecule has 5 rings (SSSR count). The van der Waals surface area contributed by atoms with Gasteiger partial charge in [0.1, 0.15) is 12.2 Å². The summed E-state index contributed by atoms with van der Waals surface area (Å²) in [6.45, 7) is 4.70. The van der Waals surface area contributed by atoms with E-state index in [1.807, 2.05) is 24.8 Å². The van der Waals surface area contributed by atoms with Gasteiger partial charge in [0.15, 0.2) is 0 Å². The van der Waals surface area contributed by atoms with E-state index in [0.717, 1.165) is 140 Å². The first kappa shape index (κ1) is 55.5. The van der Waals surface area contributed by atoms with Gasteiger partial charge >= 0.3 is 18.0 Å². The molecule has 0 aromatic carbocycles. The van der Waals surface area contributed by atoms with Gasteiger partial charge in [-0.3, -0.25) is 9.59 Å². The Balaban J connectivity index is 0.945. The van der Waals surface area contributed by atoms with E-state index in [2.05, 4.69) is 22.9 Å². The van der Waals surface area contributed by atoms with Crippen LogP contribution in [0.1, 0.15) is 219 Å². The Morgan fingerprint density at radius 2 is 1.39 bits per heavy atom. The molecule has 67 heavy (non-hydrogen) atoms. The van der Waals surface area contributed by atoms with Crippen LogP contribution in [0.15, 0.2) is 11.6 Å². The monoisotopic (exact) mass is 962 g/mol. The fourth-order valence-corrected chi connectivity index (χ4v) is 12.3. The van der Waals surface area contributed by atoms with E-state index >= 15 is 0 Å². The highest BCUT2D eigenvalue weighted by molar-refractivity contribution is 8.00. The number of thioether (sulfide) groups is 1. The molecule has 3 amide bonds. The van der Waals surface area contributed by atoms with Crippen LogP contribution >= 0.6 is 11.8 Å². The van der Waals surface area contributed by atoms with E-state index < -0.39 is 6.10 Å². The molecular formula is C53H91N3O10S. The number of hydrogen-bond donors (Lipinski definition) is 5. The van der Waals surface area contributed by atoms with Crippen molar-refractivity contribution in [2.45, 2.75) is 285 Å². The molecule has 384 valence electrons. The summed E-state index contributed by atoms with van der Waals surface area (Å²) >= 11 is 1.91. The van der Waals surface area contributed by atoms with Crippen molar-refractivity contribution in [1.29, 1.82) is 0 Å². The number of esters is 2. The number of hydrogen-bond acceptors (Lipinski definition) is 11. The normalized spacial score (nSPS) is 27.0. The summed E-state index contributed by atoms with van der Waals surface area (Å²) in [7, 11) is 0. The molecule has 5 aliphatic heterocycles. The maximum Gasteiger partial charge on any atom is 0.334 e. The number of amides is 3. The smallest absolute Gasteiger partial charge is 0.334 e. The van der Waals surface area contributed by atoms with E-state index in [1.165, 1.54) is 51.4 Å². The van der Waals surface area contributed by atoms with Gasteiger partial charge in [-0.25, -0.2) is 9.59 Å². The SMILES string of the molecule is CCCCCC[C@H](O)CCC[C@H](O)[C@H]1CC[C@H]([C@H]2CC[C@H]([C@@H](CCCCCCCCCCCCC3=C[C@H](C)OC3=O)OC(=O)CCCCCNC(=O)CCCC[C@@H]3SC[C@@H]4NC(=O)N[C@@H]43)O2)O1. The van der Waals surface area contributed by atoms with E-state index in [4.69, 9.17) is 18.9 Å². The lowest BCUT2D eigenvalue weighted by atomic mass is 9.99. The van der Waals surface area contributed by atoms with Crippen LogP contribution in [-0.2, 0) is 33.3 Å². The number of carbonyl (C=O) groups is 4. The molecule has 13 nitrogen and oxygen atoms in total. The third-order valence-electron chi connectivity index (χ3n) is 14.8. The molecule has 5 heterocycles. The largest absolute Gasteiger partial charge is 0.460 e. The minimum Gasteiger partial charge on any atom is -0.460 e. The average Bonchev–Trinajstić information content (AvgIpc) is 4.16. The molecule has 4 fully saturated rings. The summed E-state index contributed by atoms with van der Waals surface area (Å²) in [4.78, 5) is 49.2. The minimum atomic E-state index is -0.543. The number of cyclic esters (lactones) is 1. The lowest BCUT2D eigenvalue weighted by Gasteiger charge is -2.26. The number of carbonyl (C=O) groups excluding carboxylic acids is 4. The van der Waals surface area contributed by atoms with Crippen LogP contribution in [-0.4, -0.2) is 113 Å². The summed E-state index contributed by atoms with van der Waals surface area (Å²) in [5, 5.41) is 30.8. The van der Waals surface area contributed by atoms with E-state index in [1.54, 1.807) is 0 Å². The number of fused-ring (bicyclic) bond motifs is 1. The summed E-state index contributed by atoms with van der Waals surface area (Å²) in [6.07, 6.45) is 30.3. The van der Waals surface area contributed by atoms with Crippen molar-refractivity contribution in [3.05, 3.63) is 11.6 Å². The highest BCUT2D eigenvalue weighted by Crippen LogP contribution is 2.36. The zero-order chi connectivity index (χ0) is 47.6. The first-order chi connectivity index (χ1) is 32.6. The van der Waals surface area contributed by atoms with Gasteiger partial charge in [-0.15, -0.1) is 0 Å². The quantitative estimate of drug-likeness (QED) is 0.0227. The Labute approximate surface area is 407 Å². The third-order valence-corrected chi connectivity index (χ3v) is 16.3. The number of aliphatic hydroxyl groups excluding tert-OH is 2. The van der Waals surface area contributed by atoms with Gasteiger partial charge in [0.05, 0.1) is 48.7 Å². The molecule has 11 atom stereocenters. The Morgan fingerprint density at radius 1 is 0.746 bits per heavy atom. The van der Waals surface area contributed by atoms with Crippen molar-refractivity contribution < 1.29 is 48.3 Å². The molecular weight excluding hydrogens is 871 g/mol. The van der Waals surface area contributed by atoms with Crippen molar-refractivity contribution in [2.24, 2.45) is 0 Å². The molecule has 0 aromatic rings. The van der Waals surface area contributed by atoms with Crippen LogP contribution < -0.4 is 16.0 Å². The van der Waals surface area contributed by atoms with Gasteiger partial charge in [-0.1, -0.05) is 96.8 Å². The number of nitrogens with one attached hydrogen (secondary N) is 3. The van der Waals surface area contributed by atoms with Gasteiger partial charge in [-0.05, 0) is 116 Å². The molecule has 4 saturated heterocycles. The summed E-state index contributed by atoms with van der Waals surface area (Å²) in [6, 6.07) is 0.371. The molecule has 14 heteroatoms. The Bertz CT molecular complexity index is 1490. The number of unbranched alkanes of at least 4 members (excludes halogenated alkanes) is 15. The van der Waals surface area contributed by atoms with Gasteiger partial charge in [0.2, 0.25) is 5.91 Å². The zero-order valence-electron chi connectivity index (χ0n) is 41.5. The molecule has 0 spiro atoms. The summed E-state index contributed by atoms with van der Waals surface area (Å²) in [5.74, 6) is 0.702. The van der Waals surface area contributed by atoms with Crippen LogP contribution in [0.3, 0.4) is 0 Å². The van der Waals surface area contributed by atoms with Gasteiger partial charge in [0.25, 0.3) is 0 Å². The van der Waals surface area contributed by atoms with Crippen molar-refractivity contribution in [3.8, 4) is 0 Å². The van der Waals surface area contributed by atoms with Crippen LogP contribution in [0.2, 0.25) is 0 Å². The summed E-state index contributed by atoms with van der Waals surface area (Å²) in [5.41, 5.74) is 0.842. The van der Waals surface area contributed by atoms with E-state index in [-0.39, 0.29) is 78.7 Å². The van der Waals surface area contributed by atoms with Gasteiger partial charge in [0, 0.05) is 36.0 Å². The maximum absolute atomic E-state index is 13.3. The fourth-order valence-electron chi connectivity index (χ4n) is 10.8. The van der Waals surface area contributed by atoms with Gasteiger partial charge in [-0.2, -0.15) is 11.8 Å². The molecule has 0 radical (unpaired) electrons. The Hall–Kier alpha value is -2.39. The predicted molar refractivity (Wildman–Crippen MR) is 265 cm³/mol. The van der Waals surface area contributed by atoms with Crippen LogP contribution in [0, 0.1) is 0 Å².